The summed E-state index contributed by atoms with van der Waals surface area (Å²) >= 11 is 0. The second-order valence-corrected chi connectivity index (χ2v) is 5.60. The Morgan fingerprint density at radius 3 is 2.68 bits per heavy atom. The monoisotopic (exact) mass is 305 g/mol. The Morgan fingerprint density at radius 1 is 1.27 bits per heavy atom. The molecule has 0 bridgehead atoms. The summed E-state index contributed by atoms with van der Waals surface area (Å²) in [6.45, 7) is 3.06. The number of hydrogen-bond acceptors (Lipinski definition) is 4. The number of nitrogens with zero attached hydrogens (tertiary/aromatic N) is 1. The Balaban J connectivity index is 1.68. The highest BCUT2D eigenvalue weighted by atomic mass is 16.6. The lowest BCUT2D eigenvalue weighted by Gasteiger charge is -2.20. The fourth-order valence-electron chi connectivity index (χ4n) is 2.87. The van der Waals surface area contributed by atoms with Crippen LogP contribution in [0.4, 0.5) is 0 Å². The van der Waals surface area contributed by atoms with E-state index in [1.165, 1.54) is 4.90 Å². The van der Waals surface area contributed by atoms with Crippen molar-refractivity contribution >= 4 is 11.9 Å². The minimum absolute atomic E-state index is 0.0789. The van der Waals surface area contributed by atoms with Crippen LogP contribution < -0.4 is 9.47 Å². The number of likely N-dealkylation sites (N-methyl/N-ethyl adjacent to an activating group) is 1. The van der Waals surface area contributed by atoms with Crippen molar-refractivity contribution in [3.8, 4) is 11.5 Å². The van der Waals surface area contributed by atoms with Crippen LogP contribution in [0.2, 0.25) is 0 Å². The number of rotatable bonds is 5. The van der Waals surface area contributed by atoms with Crippen LogP contribution in [0.15, 0.2) is 18.2 Å². The molecule has 118 valence electrons. The summed E-state index contributed by atoms with van der Waals surface area (Å²) < 4.78 is 11.0. The van der Waals surface area contributed by atoms with Crippen LogP contribution in [0.5, 0.6) is 11.5 Å². The average Bonchev–Trinajstić information content (AvgIpc) is 3.32. The summed E-state index contributed by atoms with van der Waals surface area (Å²) in [5.74, 6) is 0.420. The molecule has 22 heavy (non-hydrogen) atoms. The topological polar surface area (TPSA) is 76.1 Å². The van der Waals surface area contributed by atoms with Gasteiger partial charge in [0, 0.05) is 12.5 Å². The van der Waals surface area contributed by atoms with Gasteiger partial charge in [-0.05, 0) is 37.0 Å². The van der Waals surface area contributed by atoms with Crippen molar-refractivity contribution in [2.75, 3.05) is 26.3 Å². The summed E-state index contributed by atoms with van der Waals surface area (Å²) in [7, 11) is 0. The van der Waals surface area contributed by atoms with Gasteiger partial charge in [0.1, 0.15) is 19.8 Å². The van der Waals surface area contributed by atoms with E-state index in [2.05, 4.69) is 0 Å². The van der Waals surface area contributed by atoms with E-state index in [0.717, 1.165) is 23.5 Å². The highest BCUT2D eigenvalue weighted by molar-refractivity contribution is 5.86. The van der Waals surface area contributed by atoms with Gasteiger partial charge in [-0.2, -0.15) is 0 Å². The fraction of sp³-hybridized carbons (Fsp3) is 0.500. The maximum Gasteiger partial charge on any atom is 0.323 e. The molecule has 1 aliphatic heterocycles. The Bertz CT molecular complexity index is 600. The van der Waals surface area contributed by atoms with Gasteiger partial charge in [-0.15, -0.1) is 0 Å². The van der Waals surface area contributed by atoms with Crippen LogP contribution in [-0.2, 0) is 9.59 Å². The number of benzene rings is 1. The standard InChI is InChI=1S/C16H19NO5/c1-2-17(9-15(18)19)16(20)12-8-11(12)10-3-4-13-14(7-10)22-6-5-21-13/h3-4,7,11-12H,2,5-6,8-9H2,1H3,(H,18,19). The third kappa shape index (κ3) is 2.86. The van der Waals surface area contributed by atoms with Gasteiger partial charge >= 0.3 is 5.97 Å². The Kier molecular flexibility index (Phi) is 3.92. The van der Waals surface area contributed by atoms with E-state index in [9.17, 15) is 9.59 Å². The summed E-state index contributed by atoms with van der Waals surface area (Å²) in [6.07, 6.45) is 0.759. The van der Waals surface area contributed by atoms with E-state index in [0.29, 0.717) is 19.8 Å². The number of aliphatic carboxylic acids is 1. The van der Waals surface area contributed by atoms with E-state index >= 15 is 0 Å². The minimum atomic E-state index is -0.980. The number of amides is 1. The van der Waals surface area contributed by atoms with Crippen LogP contribution >= 0.6 is 0 Å². The molecule has 2 unspecified atom stereocenters. The maximum atomic E-state index is 12.4. The largest absolute Gasteiger partial charge is 0.486 e. The highest BCUT2D eigenvalue weighted by Crippen LogP contribution is 2.50. The zero-order valence-electron chi connectivity index (χ0n) is 12.4. The van der Waals surface area contributed by atoms with Gasteiger partial charge in [0.05, 0.1) is 0 Å². The van der Waals surface area contributed by atoms with Crippen LogP contribution in [0.3, 0.4) is 0 Å². The molecule has 2 atom stereocenters. The minimum Gasteiger partial charge on any atom is -0.486 e. The molecule has 1 aromatic carbocycles. The molecule has 1 amide bonds. The van der Waals surface area contributed by atoms with Gasteiger partial charge in [-0.1, -0.05) is 6.07 Å². The summed E-state index contributed by atoms with van der Waals surface area (Å²) in [5.41, 5.74) is 1.05. The van der Waals surface area contributed by atoms with Gasteiger partial charge in [0.2, 0.25) is 5.91 Å². The molecule has 3 rings (SSSR count). The normalized spacial score (nSPS) is 22.0. The zero-order chi connectivity index (χ0) is 15.7. The molecular formula is C16H19NO5. The first-order chi connectivity index (χ1) is 10.6. The number of carboxylic acid groups (broad SMARTS) is 1. The predicted octanol–water partition coefficient (Wildman–Crippen LogP) is 1.49. The first-order valence-corrected chi connectivity index (χ1v) is 7.50. The molecule has 6 heteroatoms. The van der Waals surface area contributed by atoms with E-state index in [1.807, 2.05) is 18.2 Å². The average molecular weight is 305 g/mol. The number of carbonyl (C=O) groups is 2. The third-order valence-corrected chi connectivity index (χ3v) is 4.12. The van der Waals surface area contributed by atoms with Gasteiger partial charge < -0.3 is 19.5 Å². The van der Waals surface area contributed by atoms with Gasteiger partial charge in [0.25, 0.3) is 0 Å². The van der Waals surface area contributed by atoms with E-state index in [4.69, 9.17) is 14.6 Å². The molecule has 0 spiro atoms. The fourth-order valence-corrected chi connectivity index (χ4v) is 2.87. The molecule has 0 saturated heterocycles. The van der Waals surface area contributed by atoms with Gasteiger partial charge in [-0.3, -0.25) is 9.59 Å². The van der Waals surface area contributed by atoms with E-state index in [-0.39, 0.29) is 24.3 Å². The van der Waals surface area contributed by atoms with Crippen molar-refractivity contribution in [1.29, 1.82) is 0 Å². The molecule has 1 N–H and O–H groups in total. The first kappa shape index (κ1) is 14.7. The molecular weight excluding hydrogens is 286 g/mol. The molecule has 1 fully saturated rings. The third-order valence-electron chi connectivity index (χ3n) is 4.12. The molecule has 1 aliphatic carbocycles. The van der Waals surface area contributed by atoms with Crippen molar-refractivity contribution in [1.82, 2.24) is 4.90 Å². The molecule has 0 aromatic heterocycles. The van der Waals surface area contributed by atoms with Crippen LogP contribution in [0.25, 0.3) is 0 Å². The van der Waals surface area contributed by atoms with Crippen molar-refractivity contribution < 1.29 is 24.2 Å². The second-order valence-electron chi connectivity index (χ2n) is 5.60. The van der Waals surface area contributed by atoms with Crippen LogP contribution in [0.1, 0.15) is 24.8 Å². The molecule has 6 nitrogen and oxygen atoms in total. The first-order valence-electron chi connectivity index (χ1n) is 7.50. The van der Waals surface area contributed by atoms with Crippen molar-refractivity contribution in [2.24, 2.45) is 5.92 Å². The molecule has 0 radical (unpaired) electrons. The SMILES string of the molecule is CCN(CC(=O)O)C(=O)C1CC1c1ccc2c(c1)OCCO2. The number of hydrogen-bond donors (Lipinski definition) is 1. The highest BCUT2D eigenvalue weighted by Gasteiger charge is 2.46. The van der Waals surface area contributed by atoms with Gasteiger partial charge in [0.15, 0.2) is 11.5 Å². The molecule has 1 aromatic rings. The number of ether oxygens (including phenoxy) is 2. The number of carbonyl (C=O) groups excluding carboxylic acids is 1. The van der Waals surface area contributed by atoms with Crippen molar-refractivity contribution in [3.63, 3.8) is 0 Å². The van der Waals surface area contributed by atoms with E-state index < -0.39 is 5.97 Å². The Morgan fingerprint density at radius 2 is 2.00 bits per heavy atom. The smallest absolute Gasteiger partial charge is 0.323 e. The maximum absolute atomic E-state index is 12.4. The zero-order valence-corrected chi connectivity index (χ0v) is 12.4. The number of carboxylic acids is 1. The summed E-state index contributed by atoms with van der Waals surface area (Å²) in [4.78, 5) is 24.5. The number of fused-ring (bicyclic) bond motifs is 1. The summed E-state index contributed by atoms with van der Waals surface area (Å²) in [6, 6.07) is 5.76. The lowest BCUT2D eigenvalue weighted by Crippen LogP contribution is -2.36. The quantitative estimate of drug-likeness (QED) is 0.892. The van der Waals surface area contributed by atoms with Gasteiger partial charge in [-0.25, -0.2) is 0 Å². The molecule has 2 aliphatic rings. The Labute approximate surface area is 128 Å². The predicted molar refractivity (Wildman–Crippen MR) is 78.2 cm³/mol. The van der Waals surface area contributed by atoms with E-state index in [1.54, 1.807) is 6.92 Å². The molecule has 1 saturated carbocycles. The van der Waals surface area contributed by atoms with Crippen molar-refractivity contribution in [2.45, 2.75) is 19.3 Å². The lowest BCUT2D eigenvalue weighted by atomic mass is 10.1. The summed E-state index contributed by atoms with van der Waals surface area (Å²) in [5, 5.41) is 8.86. The lowest BCUT2D eigenvalue weighted by molar-refractivity contribution is -0.144. The Hall–Kier alpha value is -2.24. The molecule has 1 heterocycles. The second kappa shape index (κ2) is 5.87. The van der Waals surface area contributed by atoms with Crippen molar-refractivity contribution in [3.05, 3.63) is 23.8 Å². The van der Waals surface area contributed by atoms with Crippen LogP contribution in [-0.4, -0.2) is 48.2 Å². The van der Waals surface area contributed by atoms with Crippen LogP contribution in [0, 0.1) is 5.92 Å².